The lowest BCUT2D eigenvalue weighted by Crippen LogP contribution is -2.34. The molecular weight excluding hydrogens is 875 g/mol. The van der Waals surface area contributed by atoms with Crippen LogP contribution in [-0.2, 0) is 4.74 Å². The van der Waals surface area contributed by atoms with Crippen LogP contribution in [0, 0.1) is 12.3 Å². The zero-order chi connectivity index (χ0) is 48.7. The van der Waals surface area contributed by atoms with E-state index >= 15 is 0 Å². The maximum absolute atomic E-state index is 14.1. The van der Waals surface area contributed by atoms with Gasteiger partial charge >= 0.3 is 0 Å². The molecule has 4 aromatic carbocycles. The van der Waals surface area contributed by atoms with Crippen LogP contribution in [-0.4, -0.2) is 112 Å². The number of ether oxygens (including phenoxy) is 7. The van der Waals surface area contributed by atoms with Crippen molar-refractivity contribution >= 4 is 46.8 Å². The highest BCUT2D eigenvalue weighted by Gasteiger charge is 2.35. The molecule has 4 aromatic rings. The van der Waals surface area contributed by atoms with Gasteiger partial charge in [0, 0.05) is 62.6 Å². The fraction of sp³-hybridized carbons (Fsp3) is 0.382. The van der Waals surface area contributed by atoms with Crippen molar-refractivity contribution in [3.63, 3.8) is 0 Å². The molecule has 4 aliphatic rings. The third-order valence-electron chi connectivity index (χ3n) is 12.6. The Kier molecular flexibility index (Phi) is 14.8. The van der Waals surface area contributed by atoms with Crippen molar-refractivity contribution in [2.24, 2.45) is 9.98 Å². The van der Waals surface area contributed by atoms with Gasteiger partial charge in [0.1, 0.15) is 17.1 Å². The first kappa shape index (κ1) is 48.4. The van der Waals surface area contributed by atoms with Gasteiger partial charge in [-0.05, 0) is 99.3 Å². The molecule has 2 atom stereocenters. The summed E-state index contributed by atoms with van der Waals surface area (Å²) in [4.78, 5) is 40.8. The van der Waals surface area contributed by atoms with Crippen LogP contribution in [0.3, 0.4) is 0 Å². The van der Waals surface area contributed by atoms with Crippen LogP contribution in [0.4, 0.5) is 11.4 Å². The first-order valence-electron chi connectivity index (χ1n) is 23.4. The minimum atomic E-state index is -0.442. The van der Waals surface area contributed by atoms with Crippen LogP contribution in [0.15, 0.2) is 95.2 Å². The van der Waals surface area contributed by atoms with Crippen molar-refractivity contribution in [1.82, 2.24) is 15.1 Å². The third-order valence-corrected chi connectivity index (χ3v) is 12.6. The highest BCUT2D eigenvalue weighted by molar-refractivity contribution is 6.06. The van der Waals surface area contributed by atoms with Crippen molar-refractivity contribution in [3.05, 3.63) is 107 Å². The molecule has 2 amide bonds. The quantitative estimate of drug-likeness (QED) is 0.0635. The zero-order valence-corrected chi connectivity index (χ0v) is 40.5. The number of terminal acetylenes is 1. The van der Waals surface area contributed by atoms with Gasteiger partial charge in [-0.25, -0.2) is 0 Å². The number of nitrogens with one attached hydrogen (secondary N) is 1. The van der Waals surface area contributed by atoms with Crippen LogP contribution >= 0.6 is 0 Å². The summed E-state index contributed by atoms with van der Waals surface area (Å²) in [6, 6.07) is 22.2. The molecule has 4 heterocycles. The topological polar surface area (TPSA) is 142 Å². The molecule has 0 fully saturated rings. The Morgan fingerprint density at radius 1 is 0.652 bits per heavy atom. The van der Waals surface area contributed by atoms with Gasteiger partial charge in [-0.1, -0.05) is 30.2 Å². The molecule has 0 aromatic heterocycles. The van der Waals surface area contributed by atoms with E-state index < -0.39 is 5.60 Å². The SMILES string of the molecule is C#CCNCCC(C)(C)OCCC(C)(C)Oc1ccc(C2=CN3C(=O)c4cc(OC)c(OCCCOc5cc6c(cc5OC)C(=O)N5C=C(c7ccc(OC)cc7)CC5C=N6)cc4N=CC3C2)cc1. The summed E-state index contributed by atoms with van der Waals surface area (Å²) in [5.41, 5.74) is 5.25. The number of rotatable bonds is 21. The molecular formula is C55H61N5O9. The zero-order valence-electron chi connectivity index (χ0n) is 40.5. The molecule has 0 saturated carbocycles. The van der Waals surface area contributed by atoms with Crippen molar-refractivity contribution in [2.45, 2.75) is 83.1 Å². The van der Waals surface area contributed by atoms with Crippen LogP contribution in [0.25, 0.3) is 11.1 Å². The summed E-state index contributed by atoms with van der Waals surface area (Å²) in [5.74, 6) is 5.57. The van der Waals surface area contributed by atoms with E-state index in [1.54, 1.807) is 55.4 Å². The van der Waals surface area contributed by atoms with Gasteiger partial charge in [0.15, 0.2) is 23.0 Å². The minimum Gasteiger partial charge on any atom is -0.497 e. The van der Waals surface area contributed by atoms with Crippen LogP contribution < -0.4 is 33.7 Å². The molecule has 8 rings (SSSR count). The monoisotopic (exact) mass is 935 g/mol. The molecule has 14 nitrogen and oxygen atoms in total. The molecule has 360 valence electrons. The minimum absolute atomic E-state index is 0.162. The van der Waals surface area contributed by atoms with E-state index in [2.05, 4.69) is 38.9 Å². The lowest BCUT2D eigenvalue weighted by molar-refractivity contribution is -0.0444. The summed E-state index contributed by atoms with van der Waals surface area (Å²) in [6.07, 6.45) is 16.1. The van der Waals surface area contributed by atoms with E-state index in [-0.39, 0.29) is 36.1 Å². The van der Waals surface area contributed by atoms with Crippen molar-refractivity contribution in [3.8, 4) is 46.8 Å². The van der Waals surface area contributed by atoms with Crippen molar-refractivity contribution in [1.29, 1.82) is 0 Å². The van der Waals surface area contributed by atoms with E-state index in [0.29, 0.717) is 84.5 Å². The Morgan fingerprint density at radius 3 is 1.64 bits per heavy atom. The summed E-state index contributed by atoms with van der Waals surface area (Å²) in [5, 5.41) is 3.22. The normalized spacial score (nSPS) is 17.1. The van der Waals surface area contributed by atoms with Gasteiger partial charge in [-0.15, -0.1) is 6.42 Å². The Morgan fingerprint density at radius 2 is 1.16 bits per heavy atom. The van der Waals surface area contributed by atoms with Gasteiger partial charge < -0.3 is 48.3 Å². The first-order chi connectivity index (χ1) is 33.3. The molecule has 2 unspecified atom stereocenters. The number of nitrogens with zero attached hydrogens (tertiary/aromatic N) is 4. The lowest BCUT2D eigenvalue weighted by Gasteiger charge is -2.30. The number of hydrogen-bond donors (Lipinski definition) is 1. The van der Waals surface area contributed by atoms with E-state index in [1.807, 2.05) is 73.4 Å². The number of carbonyl (C=O) groups excluding carboxylic acids is 2. The molecule has 69 heavy (non-hydrogen) atoms. The highest BCUT2D eigenvalue weighted by Crippen LogP contribution is 2.42. The van der Waals surface area contributed by atoms with Gasteiger partial charge in [-0.2, -0.15) is 0 Å². The van der Waals surface area contributed by atoms with Crippen molar-refractivity contribution < 1.29 is 42.7 Å². The molecule has 14 heteroatoms. The Bertz CT molecular complexity index is 2700. The standard InChI is InChI=1S/C55H61N5O9/c1-9-21-56-22-19-54(2,3)68-25-20-55(4,5)69-43-17-13-37(14-18-43)39-27-41-33-58-47-31-51(49(65-8)29-45(47)53(62)60(41)35-39)67-24-10-23-66-50-30-46-44(28-48(50)64-7)52(61)59-34-38(26-40(59)32-57-46)36-11-15-42(63-6)16-12-36/h1,11-18,28-35,40-41,56H,10,19-27H2,2-8H3. The third kappa shape index (κ3) is 11.3. The molecule has 0 aliphatic carbocycles. The van der Waals surface area contributed by atoms with Crippen LogP contribution in [0.5, 0.6) is 34.5 Å². The molecule has 0 spiro atoms. The second-order valence-electron chi connectivity index (χ2n) is 18.5. The van der Waals surface area contributed by atoms with Crippen LogP contribution in [0.2, 0.25) is 0 Å². The number of methoxy groups -OCH3 is 3. The van der Waals surface area contributed by atoms with Gasteiger partial charge in [-0.3, -0.25) is 19.6 Å². The second kappa shape index (κ2) is 21.1. The maximum Gasteiger partial charge on any atom is 0.260 e. The predicted molar refractivity (Wildman–Crippen MR) is 268 cm³/mol. The molecule has 0 radical (unpaired) electrons. The summed E-state index contributed by atoms with van der Waals surface area (Å²) in [7, 11) is 4.72. The fourth-order valence-electron chi connectivity index (χ4n) is 8.67. The van der Waals surface area contributed by atoms with E-state index in [4.69, 9.17) is 49.6 Å². The van der Waals surface area contributed by atoms with Crippen LogP contribution in [0.1, 0.15) is 91.6 Å². The van der Waals surface area contributed by atoms with Crippen molar-refractivity contribution in [2.75, 3.05) is 54.2 Å². The fourth-order valence-corrected chi connectivity index (χ4v) is 8.67. The first-order valence-corrected chi connectivity index (χ1v) is 23.4. The predicted octanol–water partition coefficient (Wildman–Crippen LogP) is 9.46. The van der Waals surface area contributed by atoms with E-state index in [9.17, 15) is 9.59 Å². The molecule has 1 N–H and O–H groups in total. The van der Waals surface area contributed by atoms with Gasteiger partial charge in [0.2, 0.25) is 0 Å². The van der Waals surface area contributed by atoms with E-state index in [1.165, 1.54) is 0 Å². The second-order valence-corrected chi connectivity index (χ2v) is 18.5. The molecule has 0 bridgehead atoms. The number of benzene rings is 4. The highest BCUT2D eigenvalue weighted by atomic mass is 16.5. The lowest BCUT2D eigenvalue weighted by atomic mass is 10.0. The molecule has 4 aliphatic heterocycles. The number of carbonyl (C=O) groups is 2. The van der Waals surface area contributed by atoms with Gasteiger partial charge in [0.05, 0.1) is 87.9 Å². The number of aliphatic imine (C=N–C) groups is 2. The number of amides is 2. The maximum atomic E-state index is 14.1. The Labute approximate surface area is 404 Å². The number of fused-ring (bicyclic) bond motifs is 4. The van der Waals surface area contributed by atoms with Gasteiger partial charge in [0.25, 0.3) is 11.8 Å². The Balaban J connectivity index is 0.841. The summed E-state index contributed by atoms with van der Waals surface area (Å²) < 4.78 is 41.6. The summed E-state index contributed by atoms with van der Waals surface area (Å²) >= 11 is 0. The number of hydrogen-bond acceptors (Lipinski definition) is 12. The Hall–Kier alpha value is -7.08. The van der Waals surface area contributed by atoms with E-state index in [0.717, 1.165) is 53.2 Å². The smallest absolute Gasteiger partial charge is 0.260 e. The average molecular weight is 936 g/mol. The largest absolute Gasteiger partial charge is 0.497 e. The molecule has 0 saturated heterocycles. The summed E-state index contributed by atoms with van der Waals surface area (Å²) in [6.45, 7) is 10.8. The average Bonchev–Trinajstić information content (AvgIpc) is 3.92.